The highest BCUT2D eigenvalue weighted by atomic mass is 19.4. The van der Waals surface area contributed by atoms with Crippen LogP contribution in [0.3, 0.4) is 0 Å². The number of aromatic nitrogens is 5. The van der Waals surface area contributed by atoms with Crippen molar-refractivity contribution in [3.63, 3.8) is 0 Å². The zero-order chi connectivity index (χ0) is 28.8. The van der Waals surface area contributed by atoms with Crippen LogP contribution in [0.1, 0.15) is 40.9 Å². The Morgan fingerprint density at radius 1 is 1.23 bits per heavy atom. The number of nitrogens with two attached hydrogens (primary N) is 1. The molecule has 1 saturated carbocycles. The summed E-state index contributed by atoms with van der Waals surface area (Å²) in [5, 5.41) is 23.7. The molecule has 0 spiro atoms. The van der Waals surface area contributed by atoms with Crippen molar-refractivity contribution in [1.82, 2.24) is 34.7 Å². The first kappa shape index (κ1) is 27.2. The van der Waals surface area contributed by atoms with E-state index in [1.54, 1.807) is 0 Å². The molecule has 40 heavy (non-hydrogen) atoms. The number of nitrogens with one attached hydrogen (secondary N) is 1. The maximum Gasteiger partial charge on any atom is 0.433 e. The number of pyridine rings is 1. The largest absolute Gasteiger partial charge is 0.433 e. The van der Waals surface area contributed by atoms with Crippen LogP contribution in [-0.2, 0) is 15.7 Å². The predicted molar refractivity (Wildman–Crippen MR) is 130 cm³/mol. The second-order valence-electron chi connectivity index (χ2n) is 9.36. The molecule has 2 amide bonds. The van der Waals surface area contributed by atoms with Crippen molar-refractivity contribution in [1.29, 1.82) is 0 Å². The van der Waals surface area contributed by atoms with Gasteiger partial charge in [0.15, 0.2) is 23.8 Å². The highest BCUT2D eigenvalue weighted by molar-refractivity contribution is 5.94. The van der Waals surface area contributed by atoms with Gasteiger partial charge >= 0.3 is 6.18 Å². The number of aliphatic hydroxyl groups is 2. The average molecular weight is 560 g/mol. The number of ether oxygens (including phenoxy) is 1. The van der Waals surface area contributed by atoms with Crippen molar-refractivity contribution in [2.45, 2.75) is 49.6 Å². The van der Waals surface area contributed by atoms with Gasteiger partial charge in [-0.15, -0.1) is 0 Å². The molecule has 5 N–H and O–H groups in total. The topological polar surface area (TPSA) is 182 Å². The third kappa shape index (κ3) is 5.39. The number of aliphatic hydroxyl groups excluding tert-OH is 2. The molecule has 3 aromatic rings. The van der Waals surface area contributed by atoms with E-state index in [1.807, 2.05) is 0 Å². The SMILES string of the molecule is CN(CC#Cc1nc(N)c2ncn(C3OC(C(=O)NC4CC4)C(O)C3O)c2n1)C(=O)c1ccc(C(F)(F)F)nc1. The van der Waals surface area contributed by atoms with Crippen LogP contribution in [0, 0.1) is 11.8 Å². The number of hydrogen-bond donors (Lipinski definition) is 4. The van der Waals surface area contributed by atoms with Gasteiger partial charge in [-0.25, -0.2) is 15.0 Å². The first-order valence-corrected chi connectivity index (χ1v) is 12.0. The number of imidazole rings is 1. The molecular formula is C24H23F3N8O5. The number of carbonyl (C=O) groups excluding carboxylic acids is 2. The van der Waals surface area contributed by atoms with Gasteiger partial charge in [0.1, 0.15) is 23.4 Å². The van der Waals surface area contributed by atoms with Gasteiger partial charge in [0.25, 0.3) is 11.8 Å². The monoisotopic (exact) mass is 560 g/mol. The molecule has 2 aliphatic rings. The van der Waals surface area contributed by atoms with Gasteiger partial charge < -0.3 is 30.9 Å². The molecule has 13 nitrogen and oxygen atoms in total. The molecule has 4 atom stereocenters. The predicted octanol–water partition coefficient (Wildman–Crippen LogP) is -0.156. The standard InChI is InChI=1S/C24H23F3N8O5/c1-34(22(39)11-4-7-13(29-9-11)24(25,26)27)8-2-3-14-32-19(28)15-20(33-14)35(10-30-15)23-17(37)16(36)18(40-23)21(38)31-12-5-6-12/h4,7,9-10,12,16-18,23,36-37H,5-6,8H2,1H3,(H,31,38)(H2,28,32,33). The Balaban J connectivity index is 1.31. The molecule has 0 aromatic carbocycles. The lowest BCUT2D eigenvalue weighted by atomic mass is 10.1. The lowest BCUT2D eigenvalue weighted by Crippen LogP contribution is -2.43. The Hall–Kier alpha value is -4.33. The number of fused-ring (bicyclic) bond motifs is 1. The van der Waals surface area contributed by atoms with E-state index in [-0.39, 0.29) is 41.0 Å². The minimum atomic E-state index is -4.62. The quantitative estimate of drug-likeness (QED) is 0.306. The summed E-state index contributed by atoms with van der Waals surface area (Å²) in [6.07, 6.45) is -6.30. The van der Waals surface area contributed by atoms with Gasteiger partial charge in [-0.1, -0.05) is 5.92 Å². The summed E-state index contributed by atoms with van der Waals surface area (Å²) in [4.78, 5) is 41.9. The number of halogens is 3. The Kier molecular flexibility index (Phi) is 7.04. The number of alkyl halides is 3. The second kappa shape index (κ2) is 10.3. The third-order valence-electron chi connectivity index (χ3n) is 6.31. The first-order chi connectivity index (χ1) is 18.9. The molecule has 0 bridgehead atoms. The Morgan fingerprint density at radius 2 is 1.98 bits per heavy atom. The van der Waals surface area contributed by atoms with Crippen molar-refractivity contribution in [2.24, 2.45) is 0 Å². The van der Waals surface area contributed by atoms with Crippen molar-refractivity contribution < 1.29 is 37.7 Å². The summed E-state index contributed by atoms with van der Waals surface area (Å²) in [5.41, 5.74) is 5.13. The normalized spacial score (nSPS) is 22.6. The lowest BCUT2D eigenvalue weighted by Gasteiger charge is -2.16. The fraction of sp³-hybridized carbons (Fsp3) is 0.417. The molecule has 1 saturated heterocycles. The molecule has 1 aliphatic carbocycles. The van der Waals surface area contributed by atoms with Gasteiger partial charge in [-0.05, 0) is 30.9 Å². The molecule has 3 aromatic heterocycles. The van der Waals surface area contributed by atoms with Crippen LogP contribution in [0.25, 0.3) is 11.2 Å². The van der Waals surface area contributed by atoms with Gasteiger partial charge in [0.2, 0.25) is 5.82 Å². The molecule has 2 fully saturated rings. The van der Waals surface area contributed by atoms with Crippen LogP contribution in [0.15, 0.2) is 24.7 Å². The summed E-state index contributed by atoms with van der Waals surface area (Å²) < 4.78 is 45.1. The number of carbonyl (C=O) groups is 2. The smallest absolute Gasteiger partial charge is 0.387 e. The molecule has 4 heterocycles. The molecular weight excluding hydrogens is 537 g/mol. The molecule has 5 rings (SSSR count). The van der Waals surface area contributed by atoms with Crippen LogP contribution in [-0.4, -0.2) is 89.4 Å². The summed E-state index contributed by atoms with van der Waals surface area (Å²) in [7, 11) is 1.40. The van der Waals surface area contributed by atoms with Crippen LogP contribution in [0.4, 0.5) is 19.0 Å². The molecule has 210 valence electrons. The zero-order valence-electron chi connectivity index (χ0n) is 20.8. The highest BCUT2D eigenvalue weighted by Crippen LogP contribution is 2.33. The summed E-state index contributed by atoms with van der Waals surface area (Å²) in [5.74, 6) is 4.12. The fourth-order valence-electron chi connectivity index (χ4n) is 4.01. The van der Waals surface area contributed by atoms with E-state index in [2.05, 4.69) is 37.1 Å². The van der Waals surface area contributed by atoms with Gasteiger partial charge in [-0.2, -0.15) is 13.2 Å². The van der Waals surface area contributed by atoms with E-state index in [1.165, 1.54) is 22.8 Å². The van der Waals surface area contributed by atoms with Crippen LogP contribution < -0.4 is 11.1 Å². The molecule has 16 heteroatoms. The van der Waals surface area contributed by atoms with Gasteiger partial charge in [0.05, 0.1) is 18.4 Å². The van der Waals surface area contributed by atoms with Crippen molar-refractivity contribution in [2.75, 3.05) is 19.3 Å². The Bertz CT molecular complexity index is 1510. The highest BCUT2D eigenvalue weighted by Gasteiger charge is 2.48. The van der Waals surface area contributed by atoms with E-state index in [9.17, 15) is 33.0 Å². The Labute approximate surface area is 224 Å². The molecule has 4 unspecified atom stereocenters. The van der Waals surface area contributed by atoms with E-state index < -0.39 is 48.2 Å². The van der Waals surface area contributed by atoms with Crippen molar-refractivity contribution in [3.05, 3.63) is 41.7 Å². The Morgan fingerprint density at radius 3 is 2.62 bits per heavy atom. The number of hydrogen-bond acceptors (Lipinski definition) is 10. The third-order valence-corrected chi connectivity index (χ3v) is 6.31. The van der Waals surface area contributed by atoms with Gasteiger partial charge in [-0.3, -0.25) is 19.1 Å². The second-order valence-corrected chi connectivity index (χ2v) is 9.36. The van der Waals surface area contributed by atoms with Crippen molar-refractivity contribution >= 4 is 28.8 Å². The number of nitrogen functional groups attached to an aromatic ring is 1. The fourth-order valence-corrected chi connectivity index (χ4v) is 4.01. The summed E-state index contributed by atoms with van der Waals surface area (Å²) >= 11 is 0. The van der Waals surface area contributed by atoms with Gasteiger partial charge in [0, 0.05) is 19.3 Å². The maximum absolute atomic E-state index is 12.7. The van der Waals surface area contributed by atoms with E-state index >= 15 is 0 Å². The van der Waals surface area contributed by atoms with Crippen molar-refractivity contribution in [3.8, 4) is 11.8 Å². The molecule has 1 aliphatic heterocycles. The first-order valence-electron chi connectivity index (χ1n) is 12.0. The lowest BCUT2D eigenvalue weighted by molar-refractivity contribution is -0.141. The minimum absolute atomic E-state index is 0.0307. The summed E-state index contributed by atoms with van der Waals surface area (Å²) in [6, 6.07) is 1.77. The maximum atomic E-state index is 12.7. The van der Waals surface area contributed by atoms with E-state index in [0.717, 1.165) is 25.1 Å². The average Bonchev–Trinajstić information content (AvgIpc) is 3.55. The zero-order valence-corrected chi connectivity index (χ0v) is 20.8. The van der Waals surface area contributed by atoms with Crippen LogP contribution >= 0.6 is 0 Å². The number of anilines is 1. The minimum Gasteiger partial charge on any atom is -0.387 e. The van der Waals surface area contributed by atoms with Crippen LogP contribution in [0.5, 0.6) is 0 Å². The van der Waals surface area contributed by atoms with E-state index in [4.69, 9.17) is 10.5 Å². The van der Waals surface area contributed by atoms with Crippen LogP contribution in [0.2, 0.25) is 0 Å². The number of rotatable bonds is 5. The summed E-state index contributed by atoms with van der Waals surface area (Å²) in [6.45, 7) is -0.130. The van der Waals surface area contributed by atoms with E-state index in [0.29, 0.717) is 6.07 Å². The number of nitrogens with zero attached hydrogens (tertiary/aromatic N) is 6. The molecule has 0 radical (unpaired) electrons. The number of amides is 2.